The van der Waals surface area contributed by atoms with E-state index in [1.165, 1.54) is 25.7 Å². The maximum atomic E-state index is 12.0. The van der Waals surface area contributed by atoms with Gasteiger partial charge in [0.05, 0.1) is 6.10 Å². The van der Waals surface area contributed by atoms with E-state index >= 15 is 0 Å². The van der Waals surface area contributed by atoms with Gasteiger partial charge in [-0.25, -0.2) is 0 Å². The van der Waals surface area contributed by atoms with Crippen molar-refractivity contribution in [1.82, 2.24) is 5.32 Å². The molecular weight excluding hydrogens is 228 g/mol. The minimum atomic E-state index is -0.253. The van der Waals surface area contributed by atoms with E-state index in [2.05, 4.69) is 5.32 Å². The first-order chi connectivity index (χ1) is 8.76. The molecule has 3 rings (SSSR count). The predicted octanol–water partition coefficient (Wildman–Crippen LogP) is 1.05. The van der Waals surface area contributed by atoms with Crippen LogP contribution < -0.4 is 11.1 Å². The van der Waals surface area contributed by atoms with E-state index in [9.17, 15) is 4.79 Å². The smallest absolute Gasteiger partial charge is 0.249 e. The molecule has 4 heteroatoms. The summed E-state index contributed by atoms with van der Waals surface area (Å²) in [5.41, 5.74) is 5.55. The van der Waals surface area contributed by atoms with Gasteiger partial charge in [-0.15, -0.1) is 0 Å². The van der Waals surface area contributed by atoms with Crippen molar-refractivity contribution in [3.8, 4) is 0 Å². The largest absolute Gasteiger partial charge is 0.364 e. The fraction of sp³-hybridized carbons (Fsp3) is 0.929. The maximum Gasteiger partial charge on any atom is 0.249 e. The molecular formula is C14H24N2O2. The number of nitrogens with two attached hydrogens (primary N) is 1. The third-order valence-corrected chi connectivity index (χ3v) is 5.09. The van der Waals surface area contributed by atoms with E-state index in [0.717, 1.165) is 37.1 Å². The second kappa shape index (κ2) is 5.17. The number of hydrogen-bond acceptors (Lipinski definition) is 3. The summed E-state index contributed by atoms with van der Waals surface area (Å²) in [6, 6.07) is 0. The maximum absolute atomic E-state index is 12.0. The van der Waals surface area contributed by atoms with Gasteiger partial charge in [0.1, 0.15) is 6.10 Å². The fourth-order valence-corrected chi connectivity index (χ4v) is 4.04. The van der Waals surface area contributed by atoms with Gasteiger partial charge < -0.3 is 15.8 Å². The lowest BCUT2D eigenvalue weighted by molar-refractivity contribution is -0.132. The molecule has 2 saturated carbocycles. The molecule has 102 valence electrons. The molecule has 5 atom stereocenters. The van der Waals surface area contributed by atoms with Crippen LogP contribution in [0.3, 0.4) is 0 Å². The van der Waals surface area contributed by atoms with Crippen LogP contribution in [0.2, 0.25) is 0 Å². The quantitative estimate of drug-likeness (QED) is 0.786. The van der Waals surface area contributed by atoms with Crippen molar-refractivity contribution in [3.63, 3.8) is 0 Å². The Morgan fingerprint density at radius 3 is 2.72 bits per heavy atom. The first-order valence-corrected chi connectivity index (χ1v) is 7.39. The third-order valence-electron chi connectivity index (χ3n) is 5.09. The van der Waals surface area contributed by atoms with Gasteiger partial charge in [0, 0.05) is 13.1 Å². The van der Waals surface area contributed by atoms with Crippen LogP contribution >= 0.6 is 0 Å². The summed E-state index contributed by atoms with van der Waals surface area (Å²) < 4.78 is 5.61. The monoisotopic (exact) mass is 252 g/mol. The van der Waals surface area contributed by atoms with Crippen LogP contribution in [0, 0.1) is 17.8 Å². The number of rotatable bonds is 4. The lowest BCUT2D eigenvalue weighted by Gasteiger charge is -2.22. The summed E-state index contributed by atoms with van der Waals surface area (Å²) in [5.74, 6) is 2.62. The Bertz CT molecular complexity index is 321. The number of carbonyl (C=O) groups excluding carboxylic acids is 1. The van der Waals surface area contributed by atoms with Crippen molar-refractivity contribution in [3.05, 3.63) is 0 Å². The molecule has 5 unspecified atom stereocenters. The van der Waals surface area contributed by atoms with Crippen molar-refractivity contribution in [2.75, 3.05) is 13.1 Å². The molecule has 0 radical (unpaired) electrons. The van der Waals surface area contributed by atoms with Gasteiger partial charge in [-0.2, -0.15) is 0 Å². The van der Waals surface area contributed by atoms with Crippen LogP contribution in [0.25, 0.3) is 0 Å². The van der Waals surface area contributed by atoms with E-state index in [1.807, 2.05) is 0 Å². The van der Waals surface area contributed by atoms with Gasteiger partial charge in [-0.05, 0) is 49.9 Å². The van der Waals surface area contributed by atoms with Gasteiger partial charge >= 0.3 is 0 Å². The van der Waals surface area contributed by atoms with Crippen molar-refractivity contribution in [1.29, 1.82) is 0 Å². The highest BCUT2D eigenvalue weighted by Crippen LogP contribution is 2.47. The van der Waals surface area contributed by atoms with E-state index < -0.39 is 0 Å². The molecule has 1 heterocycles. The van der Waals surface area contributed by atoms with Gasteiger partial charge in [0.15, 0.2) is 0 Å². The van der Waals surface area contributed by atoms with Crippen LogP contribution in [0.15, 0.2) is 0 Å². The fourth-order valence-electron chi connectivity index (χ4n) is 4.04. The van der Waals surface area contributed by atoms with E-state index in [-0.39, 0.29) is 18.1 Å². The van der Waals surface area contributed by atoms with E-state index in [1.54, 1.807) is 0 Å². The molecule has 3 fully saturated rings. The molecule has 0 aromatic rings. The summed E-state index contributed by atoms with van der Waals surface area (Å²) in [4.78, 5) is 12.0. The number of fused-ring (bicyclic) bond motifs is 2. The lowest BCUT2D eigenvalue weighted by atomic mass is 9.89. The standard InChI is InChI=1S/C14H24N2O2/c15-7-12-3-4-13(18-12)14(17)16-8-11-6-9-1-2-10(11)5-9/h9-13H,1-8,15H2,(H,16,17). The predicted molar refractivity (Wildman–Crippen MR) is 68.9 cm³/mol. The van der Waals surface area contributed by atoms with Crippen LogP contribution in [0.5, 0.6) is 0 Å². The number of ether oxygens (including phenoxy) is 1. The van der Waals surface area contributed by atoms with Crippen molar-refractivity contribution >= 4 is 5.91 Å². The van der Waals surface area contributed by atoms with Crippen LogP contribution in [-0.2, 0) is 9.53 Å². The Kier molecular flexibility index (Phi) is 3.57. The van der Waals surface area contributed by atoms with Gasteiger partial charge in [0.2, 0.25) is 5.91 Å². The molecule has 4 nitrogen and oxygen atoms in total. The Morgan fingerprint density at radius 2 is 2.11 bits per heavy atom. The normalized spacial score (nSPS) is 42.4. The third kappa shape index (κ3) is 2.41. The zero-order chi connectivity index (χ0) is 12.5. The van der Waals surface area contributed by atoms with Crippen LogP contribution in [0.1, 0.15) is 38.5 Å². The van der Waals surface area contributed by atoms with Crippen molar-refractivity contribution < 1.29 is 9.53 Å². The van der Waals surface area contributed by atoms with Gasteiger partial charge in [-0.3, -0.25) is 4.79 Å². The summed E-state index contributed by atoms with van der Waals surface area (Å²) in [7, 11) is 0. The second-order valence-electron chi connectivity index (χ2n) is 6.24. The molecule has 1 amide bonds. The number of hydrogen-bond donors (Lipinski definition) is 2. The number of nitrogens with one attached hydrogen (secondary N) is 1. The summed E-state index contributed by atoms with van der Waals surface area (Å²) in [5, 5.41) is 3.09. The van der Waals surface area contributed by atoms with E-state index in [0.29, 0.717) is 6.54 Å². The SMILES string of the molecule is NCC1CCC(C(=O)NCC2CC3CCC2C3)O1. The minimum absolute atomic E-state index is 0.0775. The number of carbonyl (C=O) groups is 1. The Hall–Kier alpha value is -0.610. The van der Waals surface area contributed by atoms with Gasteiger partial charge in [-0.1, -0.05) is 6.42 Å². The van der Waals surface area contributed by atoms with Gasteiger partial charge in [0.25, 0.3) is 0 Å². The average Bonchev–Trinajstić information content (AvgIpc) is 3.10. The zero-order valence-corrected chi connectivity index (χ0v) is 10.9. The molecule has 0 spiro atoms. The second-order valence-corrected chi connectivity index (χ2v) is 6.24. The molecule has 2 aliphatic carbocycles. The Labute approximate surface area is 109 Å². The van der Waals surface area contributed by atoms with Crippen molar-refractivity contribution in [2.45, 2.75) is 50.7 Å². The molecule has 18 heavy (non-hydrogen) atoms. The first kappa shape index (κ1) is 12.4. The first-order valence-electron chi connectivity index (χ1n) is 7.39. The zero-order valence-electron chi connectivity index (χ0n) is 10.9. The molecule has 1 saturated heterocycles. The van der Waals surface area contributed by atoms with Crippen molar-refractivity contribution in [2.24, 2.45) is 23.5 Å². The minimum Gasteiger partial charge on any atom is -0.364 e. The lowest BCUT2D eigenvalue weighted by Crippen LogP contribution is -2.39. The molecule has 1 aliphatic heterocycles. The topological polar surface area (TPSA) is 64.4 Å². The van der Waals surface area contributed by atoms with Crippen LogP contribution in [0.4, 0.5) is 0 Å². The highest BCUT2D eigenvalue weighted by molar-refractivity contribution is 5.81. The molecule has 3 aliphatic rings. The highest BCUT2D eigenvalue weighted by atomic mass is 16.5. The number of amides is 1. The molecule has 3 N–H and O–H groups in total. The Morgan fingerprint density at radius 1 is 1.22 bits per heavy atom. The summed E-state index contributed by atoms with van der Waals surface area (Å²) in [6.07, 6.45) is 7.09. The molecule has 0 aromatic carbocycles. The van der Waals surface area contributed by atoms with Crippen LogP contribution in [-0.4, -0.2) is 31.2 Å². The highest BCUT2D eigenvalue weighted by Gasteiger charge is 2.39. The summed E-state index contributed by atoms with van der Waals surface area (Å²) >= 11 is 0. The average molecular weight is 252 g/mol. The van der Waals surface area contributed by atoms with E-state index in [4.69, 9.17) is 10.5 Å². The summed E-state index contributed by atoms with van der Waals surface area (Å²) in [6.45, 7) is 1.38. The Balaban J connectivity index is 1.42. The molecule has 0 aromatic heterocycles. The molecule has 2 bridgehead atoms.